The maximum absolute atomic E-state index is 12.9. The Kier molecular flexibility index (Phi) is 6.96. The van der Waals surface area contributed by atoms with Crippen molar-refractivity contribution in [3.63, 3.8) is 0 Å². The van der Waals surface area contributed by atoms with Gasteiger partial charge in [0.15, 0.2) is 0 Å². The number of hydrogen-bond donors (Lipinski definition) is 0. The highest BCUT2D eigenvalue weighted by molar-refractivity contribution is 7.20. The smallest absolute Gasteiger partial charge is 0.348 e. The van der Waals surface area contributed by atoms with E-state index in [-0.39, 0.29) is 29.2 Å². The molecule has 1 atom stereocenters. The number of piperidine rings is 1. The highest BCUT2D eigenvalue weighted by atomic mass is 35.5. The molecule has 0 bridgehead atoms. The van der Waals surface area contributed by atoms with Gasteiger partial charge >= 0.3 is 11.9 Å². The van der Waals surface area contributed by atoms with Crippen LogP contribution in [0.4, 0.5) is 5.82 Å². The number of anilines is 1. The number of nitrogens with zero attached hydrogens (tertiary/aromatic N) is 3. The Morgan fingerprint density at radius 1 is 1.16 bits per heavy atom. The minimum atomic E-state index is -0.294. The summed E-state index contributed by atoms with van der Waals surface area (Å²) >= 11 is 7.54. The summed E-state index contributed by atoms with van der Waals surface area (Å²) in [5.74, 6) is 0.00142. The van der Waals surface area contributed by atoms with Gasteiger partial charge in [0.05, 0.1) is 17.9 Å². The van der Waals surface area contributed by atoms with Gasteiger partial charge in [-0.1, -0.05) is 6.42 Å². The van der Waals surface area contributed by atoms with Crippen LogP contribution in [0.2, 0.25) is 5.28 Å². The molecule has 1 aliphatic carbocycles. The van der Waals surface area contributed by atoms with Gasteiger partial charge in [-0.05, 0) is 69.5 Å². The highest BCUT2D eigenvalue weighted by Crippen LogP contribution is 2.38. The van der Waals surface area contributed by atoms with E-state index in [0.29, 0.717) is 28.7 Å². The lowest BCUT2D eigenvalue weighted by atomic mass is 9.97. The fraction of sp³-hybridized carbons (Fsp3) is 0.636. The minimum Gasteiger partial charge on any atom is -0.466 e. The third-order valence-electron chi connectivity index (χ3n) is 6.10. The number of thiophene rings is 1. The summed E-state index contributed by atoms with van der Waals surface area (Å²) in [7, 11) is 0. The maximum Gasteiger partial charge on any atom is 0.348 e. The molecule has 1 saturated heterocycles. The Morgan fingerprint density at radius 3 is 2.68 bits per heavy atom. The summed E-state index contributed by atoms with van der Waals surface area (Å²) in [6, 6.07) is 0. The van der Waals surface area contributed by atoms with Crippen molar-refractivity contribution in [2.75, 3.05) is 24.6 Å². The Labute approximate surface area is 191 Å². The van der Waals surface area contributed by atoms with Crippen molar-refractivity contribution < 1.29 is 19.1 Å². The predicted molar refractivity (Wildman–Crippen MR) is 121 cm³/mol. The first kappa shape index (κ1) is 22.3. The number of carbonyl (C=O) groups is 2. The molecule has 2 aliphatic rings. The molecule has 4 rings (SSSR count). The topological polar surface area (TPSA) is 81.6 Å². The van der Waals surface area contributed by atoms with Crippen molar-refractivity contribution in [3.8, 4) is 0 Å². The van der Waals surface area contributed by atoms with E-state index in [2.05, 4.69) is 14.9 Å². The lowest BCUT2D eigenvalue weighted by molar-refractivity contribution is -0.148. The van der Waals surface area contributed by atoms with E-state index in [0.717, 1.165) is 56.0 Å². The molecule has 0 aromatic carbocycles. The molecule has 2 aromatic heterocycles. The monoisotopic (exact) mass is 465 g/mol. The lowest BCUT2D eigenvalue weighted by Crippen LogP contribution is -2.40. The third kappa shape index (κ3) is 4.80. The summed E-state index contributed by atoms with van der Waals surface area (Å²) in [4.78, 5) is 37.4. The van der Waals surface area contributed by atoms with Crippen LogP contribution in [0.1, 0.15) is 67.1 Å². The van der Waals surface area contributed by atoms with E-state index in [9.17, 15) is 9.59 Å². The molecule has 1 saturated carbocycles. The lowest BCUT2D eigenvalue weighted by Gasteiger charge is -2.32. The molecule has 1 unspecified atom stereocenters. The summed E-state index contributed by atoms with van der Waals surface area (Å²) in [5.41, 5.74) is 0.811. The van der Waals surface area contributed by atoms with Crippen LogP contribution in [0.25, 0.3) is 10.2 Å². The summed E-state index contributed by atoms with van der Waals surface area (Å²) in [6.07, 6.45) is 6.90. The molecule has 2 fully saturated rings. The van der Waals surface area contributed by atoms with Crippen molar-refractivity contribution in [1.29, 1.82) is 0 Å². The molecule has 31 heavy (non-hydrogen) atoms. The average molecular weight is 466 g/mol. The Balaban J connectivity index is 1.63. The van der Waals surface area contributed by atoms with Gasteiger partial charge in [-0.3, -0.25) is 4.79 Å². The first-order valence-electron chi connectivity index (χ1n) is 11.1. The number of ether oxygens (including phenoxy) is 2. The van der Waals surface area contributed by atoms with E-state index in [1.54, 1.807) is 0 Å². The molecule has 0 N–H and O–H groups in total. The number of rotatable bonds is 5. The second-order valence-electron chi connectivity index (χ2n) is 8.26. The molecule has 168 valence electrons. The average Bonchev–Trinajstić information content (AvgIpc) is 3.10. The predicted octanol–water partition coefficient (Wildman–Crippen LogP) is 4.92. The van der Waals surface area contributed by atoms with Crippen LogP contribution in [-0.4, -0.2) is 47.7 Å². The Hall–Kier alpha value is -1.93. The van der Waals surface area contributed by atoms with Gasteiger partial charge in [0.1, 0.15) is 21.6 Å². The zero-order valence-electron chi connectivity index (χ0n) is 18.0. The maximum atomic E-state index is 12.9. The highest BCUT2D eigenvalue weighted by Gasteiger charge is 2.31. The Morgan fingerprint density at radius 2 is 1.94 bits per heavy atom. The van der Waals surface area contributed by atoms with Crippen molar-refractivity contribution >= 4 is 50.9 Å². The molecule has 0 amide bonds. The summed E-state index contributed by atoms with van der Waals surface area (Å²) < 4.78 is 11.0. The molecule has 2 aromatic rings. The molecule has 3 heterocycles. The fourth-order valence-corrected chi connectivity index (χ4v) is 5.80. The van der Waals surface area contributed by atoms with E-state index in [4.69, 9.17) is 21.1 Å². The van der Waals surface area contributed by atoms with Gasteiger partial charge in [-0.2, -0.15) is 4.98 Å². The number of aromatic nitrogens is 2. The van der Waals surface area contributed by atoms with Gasteiger partial charge in [-0.25, -0.2) is 9.78 Å². The van der Waals surface area contributed by atoms with Gasteiger partial charge in [-0.15, -0.1) is 11.3 Å². The number of fused-ring (bicyclic) bond motifs is 1. The zero-order valence-corrected chi connectivity index (χ0v) is 19.6. The van der Waals surface area contributed by atoms with Crippen LogP contribution in [0, 0.1) is 12.8 Å². The van der Waals surface area contributed by atoms with Crippen LogP contribution < -0.4 is 4.90 Å². The fourth-order valence-electron chi connectivity index (χ4n) is 4.53. The standard InChI is InChI=1S/C22H28ClN3O4S/c1-3-29-20(27)14-8-7-11-26(12-14)18-16-13(2)17(31-19(16)25-22(23)24-18)21(28)30-15-9-5-4-6-10-15/h14-15H,3-12H2,1-2H3. The van der Waals surface area contributed by atoms with Gasteiger partial charge in [0.2, 0.25) is 5.28 Å². The van der Waals surface area contributed by atoms with Crippen LogP contribution >= 0.6 is 22.9 Å². The molecule has 0 radical (unpaired) electrons. The van der Waals surface area contributed by atoms with E-state index in [1.165, 1.54) is 17.8 Å². The van der Waals surface area contributed by atoms with E-state index in [1.807, 2.05) is 13.8 Å². The first-order valence-corrected chi connectivity index (χ1v) is 12.3. The van der Waals surface area contributed by atoms with Crippen molar-refractivity contribution in [2.45, 2.75) is 64.9 Å². The van der Waals surface area contributed by atoms with Gasteiger partial charge in [0, 0.05) is 13.1 Å². The molecule has 7 nitrogen and oxygen atoms in total. The third-order valence-corrected chi connectivity index (χ3v) is 7.43. The number of esters is 2. The Bertz CT molecular complexity index is 973. The second-order valence-corrected chi connectivity index (χ2v) is 9.59. The van der Waals surface area contributed by atoms with Gasteiger partial charge in [0.25, 0.3) is 0 Å². The molecular weight excluding hydrogens is 438 g/mol. The number of carbonyl (C=O) groups excluding carboxylic acids is 2. The number of halogens is 1. The number of aryl methyl sites for hydroxylation is 1. The largest absolute Gasteiger partial charge is 0.466 e. The van der Waals surface area contributed by atoms with Crippen molar-refractivity contribution in [2.24, 2.45) is 5.92 Å². The van der Waals surface area contributed by atoms with E-state index < -0.39 is 0 Å². The SMILES string of the molecule is CCOC(=O)C1CCCN(c2nc(Cl)nc3sc(C(=O)OC4CCCCC4)c(C)c23)C1. The molecular formula is C22H28ClN3O4S. The van der Waals surface area contributed by atoms with Crippen LogP contribution in [0.5, 0.6) is 0 Å². The normalized spacial score (nSPS) is 20.1. The van der Waals surface area contributed by atoms with Crippen LogP contribution in [0.3, 0.4) is 0 Å². The van der Waals surface area contributed by atoms with Crippen LogP contribution in [-0.2, 0) is 14.3 Å². The second kappa shape index (κ2) is 9.69. The first-order chi connectivity index (χ1) is 15.0. The quantitative estimate of drug-likeness (QED) is 0.457. The minimum absolute atomic E-state index is 0.00700. The molecule has 9 heteroatoms. The summed E-state index contributed by atoms with van der Waals surface area (Å²) in [5, 5.41) is 0.948. The molecule has 0 spiro atoms. The zero-order chi connectivity index (χ0) is 22.0. The number of hydrogen-bond acceptors (Lipinski definition) is 8. The van der Waals surface area contributed by atoms with Crippen molar-refractivity contribution in [3.05, 3.63) is 15.7 Å². The van der Waals surface area contributed by atoms with Crippen LogP contribution in [0.15, 0.2) is 0 Å². The molecule has 1 aliphatic heterocycles. The summed E-state index contributed by atoms with van der Waals surface area (Å²) in [6.45, 7) is 5.36. The van der Waals surface area contributed by atoms with Gasteiger partial charge < -0.3 is 14.4 Å². The van der Waals surface area contributed by atoms with Crippen molar-refractivity contribution in [1.82, 2.24) is 9.97 Å². The van der Waals surface area contributed by atoms with E-state index >= 15 is 0 Å².